The number of pyridine rings is 1. The summed E-state index contributed by atoms with van der Waals surface area (Å²) in [7, 11) is 1.78. The first-order valence-electron chi connectivity index (χ1n) is 9.63. The number of fused-ring (bicyclic) bond motifs is 1. The van der Waals surface area contributed by atoms with E-state index in [9.17, 15) is 4.79 Å². The summed E-state index contributed by atoms with van der Waals surface area (Å²) in [5.74, 6) is 2.34. The van der Waals surface area contributed by atoms with E-state index in [0.29, 0.717) is 11.5 Å². The van der Waals surface area contributed by atoms with E-state index in [-0.39, 0.29) is 5.56 Å². The van der Waals surface area contributed by atoms with Crippen molar-refractivity contribution in [3.8, 4) is 16.9 Å². The van der Waals surface area contributed by atoms with Crippen molar-refractivity contribution in [2.75, 3.05) is 10.5 Å². The number of anilines is 1. The van der Waals surface area contributed by atoms with Crippen LogP contribution in [-0.4, -0.2) is 10.3 Å². The summed E-state index contributed by atoms with van der Waals surface area (Å²) in [4.78, 5) is 12.6. The third-order valence-corrected chi connectivity index (χ3v) is 6.23. The summed E-state index contributed by atoms with van der Waals surface area (Å²) in [5.41, 5.74) is 4.58. The number of thiophene rings is 1. The smallest absolute Gasteiger partial charge is 0.268 e. The first-order chi connectivity index (χ1) is 14.4. The normalized spacial score (nSPS) is 11.9. The van der Waals surface area contributed by atoms with Crippen LogP contribution in [0.3, 0.4) is 0 Å². The van der Waals surface area contributed by atoms with E-state index in [4.69, 9.17) is 4.74 Å². The van der Waals surface area contributed by atoms with Gasteiger partial charge in [0.2, 0.25) is 0 Å². The summed E-state index contributed by atoms with van der Waals surface area (Å²) in [6, 6.07) is 8.00. The van der Waals surface area contributed by atoms with E-state index >= 15 is 0 Å². The lowest BCUT2D eigenvalue weighted by molar-refractivity contribution is 0.433. The first kappa shape index (κ1) is 22.0. The van der Waals surface area contributed by atoms with Gasteiger partial charge in [-0.25, -0.2) is 0 Å². The molecule has 0 saturated carbocycles. The minimum atomic E-state index is 0.00654. The van der Waals surface area contributed by atoms with Crippen LogP contribution in [0.25, 0.3) is 21.2 Å². The van der Waals surface area contributed by atoms with Gasteiger partial charge in [-0.05, 0) is 54.6 Å². The summed E-state index contributed by atoms with van der Waals surface area (Å²) >= 11 is 3.09. The van der Waals surface area contributed by atoms with Crippen LogP contribution in [0.15, 0.2) is 76.8 Å². The second-order valence-corrected chi connectivity index (χ2v) is 8.95. The Morgan fingerprint density at radius 3 is 2.73 bits per heavy atom. The Hall–Kier alpha value is -2.70. The van der Waals surface area contributed by atoms with Crippen molar-refractivity contribution in [2.24, 2.45) is 7.05 Å². The Labute approximate surface area is 185 Å². The third kappa shape index (κ3) is 4.40. The van der Waals surface area contributed by atoms with Crippen LogP contribution in [0.4, 0.5) is 5.69 Å². The Bertz CT molecular complexity index is 1200. The first-order valence-corrected chi connectivity index (χ1v) is 11.5. The van der Waals surface area contributed by atoms with E-state index in [1.165, 1.54) is 11.3 Å². The average Bonchev–Trinajstić information content (AvgIpc) is 3.23. The van der Waals surface area contributed by atoms with E-state index in [2.05, 4.69) is 30.9 Å². The van der Waals surface area contributed by atoms with Gasteiger partial charge in [-0.2, -0.15) is 0 Å². The predicted molar refractivity (Wildman–Crippen MR) is 133 cm³/mol. The second kappa shape index (κ2) is 9.41. The SMILES string of the molecule is C=C/C(C)=C(/Oc1ccc(NSCC)cc1-c1cn(C)c(=O)c2sccc12)C(=C)C. The lowest BCUT2D eigenvalue weighted by Gasteiger charge is -2.18. The Balaban J connectivity index is 2.25. The minimum absolute atomic E-state index is 0.00654. The molecule has 0 radical (unpaired) electrons. The van der Waals surface area contributed by atoms with Crippen LogP contribution in [-0.2, 0) is 7.05 Å². The second-order valence-electron chi connectivity index (χ2n) is 6.97. The van der Waals surface area contributed by atoms with Gasteiger partial charge in [-0.1, -0.05) is 38.1 Å². The van der Waals surface area contributed by atoms with Crippen LogP contribution >= 0.6 is 23.3 Å². The molecule has 156 valence electrons. The molecule has 30 heavy (non-hydrogen) atoms. The number of aryl methyl sites for hydroxylation is 1. The van der Waals surface area contributed by atoms with E-state index in [1.54, 1.807) is 29.6 Å². The molecule has 0 atom stereocenters. The fraction of sp³-hybridized carbons (Fsp3) is 0.208. The molecule has 0 spiro atoms. The maximum atomic E-state index is 12.6. The molecule has 1 aromatic carbocycles. The zero-order chi connectivity index (χ0) is 21.8. The molecule has 1 N–H and O–H groups in total. The fourth-order valence-electron chi connectivity index (χ4n) is 3.14. The monoisotopic (exact) mass is 438 g/mol. The van der Waals surface area contributed by atoms with Gasteiger partial charge in [0.1, 0.15) is 16.2 Å². The van der Waals surface area contributed by atoms with Crippen molar-refractivity contribution in [3.63, 3.8) is 0 Å². The zero-order valence-electron chi connectivity index (χ0n) is 17.7. The minimum Gasteiger partial charge on any atom is -0.456 e. The van der Waals surface area contributed by atoms with Crippen molar-refractivity contribution >= 4 is 39.1 Å². The van der Waals surface area contributed by atoms with Gasteiger partial charge in [0, 0.05) is 41.2 Å². The zero-order valence-corrected chi connectivity index (χ0v) is 19.4. The van der Waals surface area contributed by atoms with E-state index < -0.39 is 0 Å². The lowest BCUT2D eigenvalue weighted by Crippen LogP contribution is -2.15. The van der Waals surface area contributed by atoms with Crippen LogP contribution in [0, 0.1) is 0 Å². The van der Waals surface area contributed by atoms with Crippen LogP contribution < -0.4 is 15.0 Å². The lowest BCUT2D eigenvalue weighted by atomic mass is 10.0. The number of hydrogen-bond donors (Lipinski definition) is 1. The molecule has 3 aromatic rings. The van der Waals surface area contributed by atoms with Gasteiger partial charge < -0.3 is 14.0 Å². The number of benzene rings is 1. The molecule has 0 aliphatic heterocycles. The van der Waals surface area contributed by atoms with Crippen LogP contribution in [0.1, 0.15) is 20.8 Å². The van der Waals surface area contributed by atoms with E-state index in [0.717, 1.165) is 43.8 Å². The standard InChI is InChI=1S/C24H26N2O2S2/c1-7-16(5)22(15(3)4)28-21-10-9-17(25-30-8-2)13-19(21)20-14-26(6)24(27)23-18(20)11-12-29-23/h7,9-14,25H,1,3,8H2,2,4-6H3/b22-16+. The topological polar surface area (TPSA) is 43.3 Å². The largest absolute Gasteiger partial charge is 0.456 e. The number of allylic oxidation sites excluding steroid dienone is 3. The molecule has 0 amide bonds. The predicted octanol–water partition coefficient (Wildman–Crippen LogP) is 6.76. The third-order valence-electron chi connectivity index (χ3n) is 4.66. The molecular formula is C24H26N2O2S2. The number of rotatable bonds is 8. The Morgan fingerprint density at radius 1 is 1.30 bits per heavy atom. The van der Waals surface area contributed by atoms with Gasteiger partial charge in [-0.3, -0.25) is 4.79 Å². The number of nitrogens with one attached hydrogen (secondary N) is 1. The molecule has 0 unspecified atom stereocenters. The molecular weight excluding hydrogens is 412 g/mol. The summed E-state index contributed by atoms with van der Waals surface area (Å²) < 4.78 is 12.1. The van der Waals surface area contributed by atoms with Crippen molar-refractivity contribution in [1.82, 2.24) is 4.57 Å². The van der Waals surface area contributed by atoms with Gasteiger partial charge in [-0.15, -0.1) is 11.3 Å². The van der Waals surface area contributed by atoms with E-state index in [1.807, 2.05) is 43.6 Å². The Morgan fingerprint density at radius 2 is 2.07 bits per heavy atom. The van der Waals surface area contributed by atoms with Crippen LogP contribution in [0.5, 0.6) is 5.75 Å². The highest BCUT2D eigenvalue weighted by Gasteiger charge is 2.17. The summed E-state index contributed by atoms with van der Waals surface area (Å²) in [6.45, 7) is 13.9. The maximum absolute atomic E-state index is 12.6. The molecule has 4 nitrogen and oxygen atoms in total. The number of nitrogens with zero attached hydrogens (tertiary/aromatic N) is 1. The highest BCUT2D eigenvalue weighted by atomic mass is 32.2. The molecule has 0 aliphatic carbocycles. The molecule has 0 fully saturated rings. The van der Waals surface area contributed by atoms with Gasteiger partial charge >= 0.3 is 0 Å². The van der Waals surface area contributed by atoms with Crippen molar-refractivity contribution < 1.29 is 4.74 Å². The number of ether oxygens (including phenoxy) is 1. The summed E-state index contributed by atoms with van der Waals surface area (Å²) in [6.07, 6.45) is 3.64. The molecule has 3 rings (SSSR count). The maximum Gasteiger partial charge on any atom is 0.268 e. The Kier molecular flexibility index (Phi) is 6.90. The highest BCUT2D eigenvalue weighted by molar-refractivity contribution is 8.00. The van der Waals surface area contributed by atoms with Crippen molar-refractivity contribution in [3.05, 3.63) is 82.3 Å². The van der Waals surface area contributed by atoms with Crippen molar-refractivity contribution in [2.45, 2.75) is 20.8 Å². The van der Waals surface area contributed by atoms with Gasteiger partial charge in [0.05, 0.1) is 0 Å². The summed E-state index contributed by atoms with van der Waals surface area (Å²) in [5, 5.41) is 2.88. The quantitative estimate of drug-likeness (QED) is 0.240. The molecule has 2 heterocycles. The molecule has 2 aromatic heterocycles. The number of hydrogen-bond acceptors (Lipinski definition) is 5. The highest BCUT2D eigenvalue weighted by Crippen LogP contribution is 2.39. The fourth-order valence-corrected chi connectivity index (χ4v) is 4.47. The molecule has 0 aliphatic rings. The van der Waals surface area contributed by atoms with Gasteiger partial charge in [0.25, 0.3) is 5.56 Å². The molecule has 0 saturated heterocycles. The molecule has 0 bridgehead atoms. The van der Waals surface area contributed by atoms with Crippen LogP contribution in [0.2, 0.25) is 0 Å². The average molecular weight is 439 g/mol. The number of aromatic nitrogens is 1. The molecule has 6 heteroatoms. The van der Waals surface area contributed by atoms with Gasteiger partial charge in [0.15, 0.2) is 0 Å². The van der Waals surface area contributed by atoms with Crippen molar-refractivity contribution in [1.29, 1.82) is 0 Å².